The third-order valence-corrected chi connectivity index (χ3v) is 4.97. The molecular formula is C15H16ClN3OS. The summed E-state index contributed by atoms with van der Waals surface area (Å²) in [5, 5.41) is 0.654. The minimum Gasteiger partial charge on any atom is -0.487 e. The van der Waals surface area contributed by atoms with Crippen LogP contribution in [0.1, 0.15) is 5.56 Å². The fourth-order valence-electron chi connectivity index (χ4n) is 2.34. The summed E-state index contributed by atoms with van der Waals surface area (Å²) in [6, 6.07) is 9.96. The van der Waals surface area contributed by atoms with Crippen molar-refractivity contribution in [3.8, 4) is 5.75 Å². The van der Waals surface area contributed by atoms with Crippen LogP contribution in [0.5, 0.6) is 5.75 Å². The highest BCUT2D eigenvalue weighted by Crippen LogP contribution is 2.36. The van der Waals surface area contributed by atoms with Crippen LogP contribution in [-0.2, 0) is 6.42 Å². The van der Waals surface area contributed by atoms with E-state index in [4.69, 9.17) is 22.2 Å². The standard InChI is InChI=1S/C15H16ClN3OS/c16-11-8-18-6-5-10(11)7-12(19-17)14-9-21-15-4-2-1-3-13(15)20-14/h1-6,8,12,14,19H,7,9,17H2. The van der Waals surface area contributed by atoms with Gasteiger partial charge in [0, 0.05) is 23.0 Å². The first kappa shape index (κ1) is 14.7. The van der Waals surface area contributed by atoms with E-state index in [-0.39, 0.29) is 12.1 Å². The maximum atomic E-state index is 6.17. The van der Waals surface area contributed by atoms with Crippen LogP contribution in [0.25, 0.3) is 0 Å². The normalized spacial score (nSPS) is 18.7. The molecule has 2 aromatic rings. The van der Waals surface area contributed by atoms with Crippen molar-refractivity contribution in [3.63, 3.8) is 0 Å². The van der Waals surface area contributed by atoms with Crippen LogP contribution in [0.3, 0.4) is 0 Å². The number of para-hydroxylation sites is 1. The van der Waals surface area contributed by atoms with Crippen molar-refractivity contribution in [1.82, 2.24) is 10.4 Å². The molecule has 21 heavy (non-hydrogen) atoms. The molecule has 0 aliphatic carbocycles. The lowest BCUT2D eigenvalue weighted by atomic mass is 10.0. The van der Waals surface area contributed by atoms with Crippen LogP contribution in [0.2, 0.25) is 5.02 Å². The number of nitrogens with one attached hydrogen (secondary N) is 1. The number of benzene rings is 1. The first-order valence-corrected chi connectivity index (χ1v) is 8.07. The molecule has 2 unspecified atom stereocenters. The number of hydrazine groups is 1. The van der Waals surface area contributed by atoms with Gasteiger partial charge in [0.05, 0.1) is 11.1 Å². The Bertz CT molecular complexity index is 625. The molecule has 1 aromatic heterocycles. The fourth-order valence-corrected chi connectivity index (χ4v) is 3.61. The summed E-state index contributed by atoms with van der Waals surface area (Å²) in [5.74, 6) is 7.50. The molecule has 1 aliphatic rings. The monoisotopic (exact) mass is 321 g/mol. The molecular weight excluding hydrogens is 306 g/mol. The second-order valence-electron chi connectivity index (χ2n) is 4.86. The fraction of sp³-hybridized carbons (Fsp3) is 0.267. The Morgan fingerprint density at radius 1 is 1.43 bits per heavy atom. The molecule has 1 aliphatic heterocycles. The SMILES string of the molecule is NNC(Cc1ccncc1Cl)C1CSc2ccccc2O1. The third-order valence-electron chi connectivity index (χ3n) is 3.49. The summed E-state index contributed by atoms with van der Waals surface area (Å²) in [7, 11) is 0. The van der Waals surface area contributed by atoms with Crippen molar-refractivity contribution in [2.75, 3.05) is 5.75 Å². The summed E-state index contributed by atoms with van der Waals surface area (Å²) >= 11 is 7.96. The van der Waals surface area contributed by atoms with E-state index in [1.807, 2.05) is 24.3 Å². The zero-order chi connectivity index (χ0) is 14.7. The second-order valence-corrected chi connectivity index (χ2v) is 6.33. The van der Waals surface area contributed by atoms with Gasteiger partial charge in [0.1, 0.15) is 11.9 Å². The van der Waals surface area contributed by atoms with Crippen molar-refractivity contribution in [2.24, 2.45) is 5.84 Å². The number of rotatable bonds is 4. The zero-order valence-electron chi connectivity index (χ0n) is 11.3. The number of thioether (sulfide) groups is 1. The van der Waals surface area contributed by atoms with Crippen LogP contribution in [0, 0.1) is 0 Å². The number of hydrogen-bond donors (Lipinski definition) is 2. The summed E-state index contributed by atoms with van der Waals surface area (Å²) < 4.78 is 6.07. The molecule has 0 radical (unpaired) electrons. The largest absolute Gasteiger partial charge is 0.487 e. The van der Waals surface area contributed by atoms with Crippen LogP contribution in [0.4, 0.5) is 0 Å². The molecule has 3 rings (SSSR count). The van der Waals surface area contributed by atoms with Crippen molar-refractivity contribution >= 4 is 23.4 Å². The van der Waals surface area contributed by atoms with Crippen LogP contribution in [-0.4, -0.2) is 22.9 Å². The molecule has 0 bridgehead atoms. The van der Waals surface area contributed by atoms with Crippen molar-refractivity contribution in [3.05, 3.63) is 53.3 Å². The highest BCUT2D eigenvalue weighted by molar-refractivity contribution is 7.99. The Morgan fingerprint density at radius 3 is 3.10 bits per heavy atom. The predicted octanol–water partition coefficient (Wildman–Crippen LogP) is 2.66. The Balaban J connectivity index is 1.74. The number of pyridine rings is 1. The Hall–Kier alpha value is -1.27. The minimum atomic E-state index is -0.00856. The van der Waals surface area contributed by atoms with Gasteiger partial charge >= 0.3 is 0 Å². The molecule has 110 valence electrons. The quantitative estimate of drug-likeness (QED) is 0.669. The number of nitrogens with two attached hydrogens (primary N) is 1. The van der Waals surface area contributed by atoms with Crippen LogP contribution >= 0.6 is 23.4 Å². The number of halogens is 1. The lowest BCUT2D eigenvalue weighted by molar-refractivity contribution is 0.165. The maximum absolute atomic E-state index is 6.17. The van der Waals surface area contributed by atoms with Gasteiger partial charge in [-0.05, 0) is 30.2 Å². The van der Waals surface area contributed by atoms with E-state index in [1.54, 1.807) is 24.2 Å². The summed E-state index contributed by atoms with van der Waals surface area (Å²) in [4.78, 5) is 5.17. The van der Waals surface area contributed by atoms with Crippen LogP contribution < -0.4 is 16.0 Å². The molecule has 6 heteroatoms. The highest BCUT2D eigenvalue weighted by atomic mass is 35.5. The zero-order valence-corrected chi connectivity index (χ0v) is 12.9. The van der Waals surface area contributed by atoms with Gasteiger partial charge in [-0.3, -0.25) is 16.3 Å². The Labute approximate surface area is 133 Å². The molecule has 1 aromatic carbocycles. The van der Waals surface area contributed by atoms with E-state index in [9.17, 15) is 0 Å². The summed E-state index contributed by atoms with van der Waals surface area (Å²) in [6.45, 7) is 0. The molecule has 3 N–H and O–H groups in total. The lowest BCUT2D eigenvalue weighted by Crippen LogP contribution is -2.50. The number of fused-ring (bicyclic) bond motifs is 1. The van der Waals surface area contributed by atoms with Crippen molar-refractivity contribution < 1.29 is 4.74 Å². The van der Waals surface area contributed by atoms with Gasteiger partial charge < -0.3 is 4.74 Å². The lowest BCUT2D eigenvalue weighted by Gasteiger charge is -2.31. The molecule has 2 atom stereocenters. The van der Waals surface area contributed by atoms with E-state index >= 15 is 0 Å². The number of ether oxygens (including phenoxy) is 1. The van der Waals surface area contributed by atoms with E-state index in [0.717, 1.165) is 17.1 Å². The average Bonchev–Trinajstić information content (AvgIpc) is 2.54. The van der Waals surface area contributed by atoms with Gasteiger partial charge in [-0.15, -0.1) is 11.8 Å². The van der Waals surface area contributed by atoms with Gasteiger partial charge in [0.2, 0.25) is 0 Å². The Kier molecular flexibility index (Phi) is 4.65. The molecule has 0 saturated heterocycles. The molecule has 0 fully saturated rings. The van der Waals surface area contributed by atoms with E-state index < -0.39 is 0 Å². The highest BCUT2D eigenvalue weighted by Gasteiger charge is 2.28. The van der Waals surface area contributed by atoms with Crippen molar-refractivity contribution in [2.45, 2.75) is 23.5 Å². The van der Waals surface area contributed by atoms with Gasteiger partial charge in [0.15, 0.2) is 0 Å². The first-order valence-electron chi connectivity index (χ1n) is 6.71. The van der Waals surface area contributed by atoms with Gasteiger partial charge in [-0.2, -0.15) is 0 Å². The van der Waals surface area contributed by atoms with Gasteiger partial charge in [-0.1, -0.05) is 23.7 Å². The third kappa shape index (κ3) is 3.32. The number of hydrogen-bond acceptors (Lipinski definition) is 5. The molecule has 0 spiro atoms. The van der Waals surface area contributed by atoms with E-state index in [1.165, 1.54) is 4.90 Å². The summed E-state index contributed by atoms with van der Waals surface area (Å²) in [6.07, 6.45) is 4.08. The topological polar surface area (TPSA) is 60.2 Å². The molecule has 0 saturated carbocycles. The second kappa shape index (κ2) is 6.66. The van der Waals surface area contributed by atoms with Crippen molar-refractivity contribution in [1.29, 1.82) is 0 Å². The molecule has 2 heterocycles. The van der Waals surface area contributed by atoms with E-state index in [2.05, 4.69) is 16.5 Å². The van der Waals surface area contributed by atoms with Crippen LogP contribution in [0.15, 0.2) is 47.6 Å². The molecule has 4 nitrogen and oxygen atoms in total. The smallest absolute Gasteiger partial charge is 0.133 e. The number of nitrogens with zero attached hydrogens (tertiary/aromatic N) is 1. The van der Waals surface area contributed by atoms with Gasteiger partial charge in [0.25, 0.3) is 0 Å². The average molecular weight is 322 g/mol. The summed E-state index contributed by atoms with van der Waals surface area (Å²) in [5.41, 5.74) is 3.88. The minimum absolute atomic E-state index is 0.000804. The molecule has 0 amide bonds. The number of aromatic nitrogens is 1. The predicted molar refractivity (Wildman–Crippen MR) is 85.6 cm³/mol. The first-order chi connectivity index (χ1) is 10.3. The van der Waals surface area contributed by atoms with E-state index in [0.29, 0.717) is 11.4 Å². The van der Waals surface area contributed by atoms with Gasteiger partial charge in [-0.25, -0.2) is 0 Å². The Morgan fingerprint density at radius 2 is 2.29 bits per heavy atom. The maximum Gasteiger partial charge on any atom is 0.133 e.